The minimum atomic E-state index is -4.56. The van der Waals surface area contributed by atoms with Gasteiger partial charge in [-0.2, -0.15) is 18.2 Å². The molecular formula is C42H42F3N7O8S3. The number of nitrogens with one attached hydrogen (secondary N) is 3. The number of halogens is 3. The first-order valence-corrected chi connectivity index (χ1v) is 23.1. The van der Waals surface area contributed by atoms with E-state index in [1.165, 1.54) is 46.9 Å². The standard InChI is InChI=1S/C42H42F3N7O8S3/c1-6-22-18-41(22,38(56)51-63(57,58)25-15-16-25)50-34(53)28-17-24(19-52(28)36(54)32(40(2,3)4)48-39-46-27(20-61-39)37(55)59-5)60-35-31-30(26-9-7-8-10-29(26)62-31)47-33(49-35)21-11-13-23(14-12-21)42(43,44)45/h6-14,20,22,24-25,28,32H,1,15-19H2,2-5H3,(H,46,48)(H,50,53)(H,51,56)/t22-,24-,28+,32-,41-/m1/s1. The summed E-state index contributed by atoms with van der Waals surface area (Å²) in [5, 5.41) is 7.68. The number of methoxy groups -OCH3 is 1. The fourth-order valence-corrected chi connectivity index (χ4v) is 10.8. The van der Waals surface area contributed by atoms with E-state index >= 15 is 0 Å². The minimum absolute atomic E-state index is 0.0264. The van der Waals surface area contributed by atoms with Crippen molar-refractivity contribution >= 4 is 81.8 Å². The first-order valence-electron chi connectivity index (χ1n) is 19.9. The predicted octanol–water partition coefficient (Wildman–Crippen LogP) is 6.32. The van der Waals surface area contributed by atoms with Crippen molar-refractivity contribution in [3.8, 4) is 17.3 Å². The fourth-order valence-electron chi connectivity index (χ4n) is 7.61. The van der Waals surface area contributed by atoms with Crippen LogP contribution in [-0.2, 0) is 35.3 Å². The molecule has 5 aromatic rings. The van der Waals surface area contributed by atoms with Gasteiger partial charge in [0.05, 0.1) is 30.0 Å². The number of ether oxygens (including phenoxy) is 2. The van der Waals surface area contributed by atoms with Gasteiger partial charge in [0.25, 0.3) is 5.91 Å². The number of hydrogen-bond acceptors (Lipinski definition) is 14. The zero-order chi connectivity index (χ0) is 45.2. The summed E-state index contributed by atoms with van der Waals surface area (Å²) >= 11 is 2.41. The van der Waals surface area contributed by atoms with E-state index in [-0.39, 0.29) is 47.5 Å². The lowest BCUT2D eigenvalue weighted by atomic mass is 9.85. The van der Waals surface area contributed by atoms with E-state index in [1.54, 1.807) is 20.8 Å². The Kier molecular flexibility index (Phi) is 11.3. The lowest BCUT2D eigenvalue weighted by Gasteiger charge is -2.35. The number of carbonyl (C=O) groups is 4. The number of hydrogen-bond donors (Lipinski definition) is 3. The van der Waals surface area contributed by atoms with E-state index in [0.29, 0.717) is 23.1 Å². The van der Waals surface area contributed by atoms with Crippen LogP contribution in [0.15, 0.2) is 66.6 Å². The van der Waals surface area contributed by atoms with Gasteiger partial charge in [-0.3, -0.25) is 19.1 Å². The molecular weight excluding hydrogens is 884 g/mol. The predicted molar refractivity (Wildman–Crippen MR) is 229 cm³/mol. The molecule has 2 saturated carbocycles. The van der Waals surface area contributed by atoms with E-state index in [2.05, 4.69) is 26.9 Å². The van der Waals surface area contributed by atoms with Crippen LogP contribution in [-0.4, -0.2) is 94.6 Å². The van der Waals surface area contributed by atoms with Gasteiger partial charge < -0.3 is 25.0 Å². The van der Waals surface area contributed by atoms with Gasteiger partial charge in [0.15, 0.2) is 16.6 Å². The molecule has 4 heterocycles. The molecule has 0 radical (unpaired) electrons. The molecule has 0 unspecified atom stereocenters. The van der Waals surface area contributed by atoms with Crippen LogP contribution in [0.1, 0.15) is 62.5 Å². The number of sulfonamides is 1. The average Bonchev–Trinajstić information content (AvgIpc) is 4.07. The Hall–Kier alpha value is -5.67. The topological polar surface area (TPSA) is 199 Å². The molecule has 2 aliphatic carbocycles. The Morgan fingerprint density at radius 3 is 2.38 bits per heavy atom. The molecule has 3 amide bonds. The number of aromatic nitrogens is 3. The lowest BCUT2D eigenvalue weighted by molar-refractivity contribution is -0.141. The number of carbonyl (C=O) groups excluding carboxylic acids is 4. The maximum Gasteiger partial charge on any atom is 0.416 e. The zero-order valence-corrected chi connectivity index (χ0v) is 36.8. The minimum Gasteiger partial charge on any atom is -0.471 e. The molecule has 21 heteroatoms. The number of nitrogens with zero attached hydrogens (tertiary/aromatic N) is 4. The molecule has 0 bridgehead atoms. The van der Waals surface area contributed by atoms with Crippen molar-refractivity contribution in [1.82, 2.24) is 29.9 Å². The number of likely N-dealkylation sites (tertiary alicyclic amines) is 1. The number of rotatable bonds is 13. The molecule has 3 aliphatic rings. The van der Waals surface area contributed by atoms with Crippen molar-refractivity contribution in [2.75, 3.05) is 19.0 Å². The van der Waals surface area contributed by atoms with Crippen molar-refractivity contribution in [1.29, 1.82) is 0 Å². The molecule has 5 atom stereocenters. The third kappa shape index (κ3) is 8.69. The van der Waals surface area contributed by atoms with Crippen LogP contribution in [0.2, 0.25) is 0 Å². The van der Waals surface area contributed by atoms with Crippen LogP contribution < -0.4 is 20.1 Å². The average molecular weight is 926 g/mol. The zero-order valence-electron chi connectivity index (χ0n) is 34.3. The van der Waals surface area contributed by atoms with Gasteiger partial charge in [-0.1, -0.05) is 57.2 Å². The molecule has 3 N–H and O–H groups in total. The van der Waals surface area contributed by atoms with Crippen molar-refractivity contribution in [2.24, 2.45) is 11.3 Å². The summed E-state index contributed by atoms with van der Waals surface area (Å²) in [6.45, 7) is 9.02. The van der Waals surface area contributed by atoms with Crippen molar-refractivity contribution in [3.63, 3.8) is 0 Å². The van der Waals surface area contributed by atoms with E-state index in [9.17, 15) is 40.8 Å². The highest BCUT2D eigenvalue weighted by Gasteiger charge is 2.62. The summed E-state index contributed by atoms with van der Waals surface area (Å²) < 4.78 is 81.1. The number of amides is 3. The summed E-state index contributed by atoms with van der Waals surface area (Å²) in [5.41, 5.74) is -2.51. The Labute approximate surface area is 367 Å². The van der Waals surface area contributed by atoms with Crippen LogP contribution >= 0.6 is 22.7 Å². The summed E-state index contributed by atoms with van der Waals surface area (Å²) in [6, 6.07) is 9.51. The highest BCUT2D eigenvalue weighted by atomic mass is 32.2. The van der Waals surface area contributed by atoms with Gasteiger partial charge in [0.2, 0.25) is 27.7 Å². The number of benzene rings is 2. The third-order valence-corrected chi connectivity index (χ3v) is 15.1. The Morgan fingerprint density at radius 2 is 1.75 bits per heavy atom. The molecule has 2 aromatic carbocycles. The molecule has 63 heavy (non-hydrogen) atoms. The highest BCUT2D eigenvalue weighted by Crippen LogP contribution is 2.46. The van der Waals surface area contributed by atoms with Crippen molar-refractivity contribution < 1.29 is 50.2 Å². The summed E-state index contributed by atoms with van der Waals surface area (Å²) in [5.74, 6) is -3.30. The van der Waals surface area contributed by atoms with E-state index < -0.39 is 85.8 Å². The smallest absolute Gasteiger partial charge is 0.416 e. The van der Waals surface area contributed by atoms with E-state index in [4.69, 9.17) is 19.4 Å². The van der Waals surface area contributed by atoms with E-state index in [1.807, 2.05) is 24.3 Å². The second kappa shape index (κ2) is 16.2. The third-order valence-electron chi connectivity index (χ3n) is 11.3. The molecule has 1 saturated heterocycles. The van der Waals surface area contributed by atoms with Gasteiger partial charge in [-0.05, 0) is 42.9 Å². The van der Waals surface area contributed by atoms with Gasteiger partial charge in [-0.15, -0.1) is 29.3 Å². The van der Waals surface area contributed by atoms with Crippen molar-refractivity contribution in [3.05, 3.63) is 77.8 Å². The fraction of sp³-hybridized carbons (Fsp3) is 0.405. The van der Waals surface area contributed by atoms with Crippen molar-refractivity contribution in [2.45, 2.75) is 81.6 Å². The van der Waals surface area contributed by atoms with Crippen LogP contribution in [0.5, 0.6) is 5.88 Å². The van der Waals surface area contributed by atoms with Gasteiger partial charge in [-0.25, -0.2) is 23.2 Å². The highest BCUT2D eigenvalue weighted by molar-refractivity contribution is 7.91. The number of alkyl halides is 3. The van der Waals surface area contributed by atoms with Crippen LogP contribution in [0.4, 0.5) is 18.3 Å². The molecule has 3 aromatic heterocycles. The van der Waals surface area contributed by atoms with E-state index in [0.717, 1.165) is 33.6 Å². The summed E-state index contributed by atoms with van der Waals surface area (Å²) in [7, 11) is -2.76. The quantitative estimate of drug-likeness (QED) is 0.0879. The number of esters is 1. The number of thiazole rings is 1. The molecule has 3 fully saturated rings. The van der Waals surface area contributed by atoms with Crippen LogP contribution in [0.25, 0.3) is 31.7 Å². The monoisotopic (exact) mass is 925 g/mol. The number of fused-ring (bicyclic) bond motifs is 3. The number of anilines is 1. The second-order valence-electron chi connectivity index (χ2n) is 16.8. The van der Waals surface area contributed by atoms with Gasteiger partial charge in [0.1, 0.15) is 28.4 Å². The molecule has 1 aliphatic heterocycles. The normalized spacial score (nSPS) is 21.8. The largest absolute Gasteiger partial charge is 0.471 e. The first kappa shape index (κ1) is 44.0. The number of thiophene rings is 1. The Balaban J connectivity index is 1.15. The lowest BCUT2D eigenvalue weighted by Crippen LogP contribution is -2.58. The van der Waals surface area contributed by atoms with Crippen LogP contribution in [0.3, 0.4) is 0 Å². The Morgan fingerprint density at radius 1 is 1.03 bits per heavy atom. The van der Waals surface area contributed by atoms with Gasteiger partial charge >= 0.3 is 12.1 Å². The maximum atomic E-state index is 14.9. The first-order chi connectivity index (χ1) is 29.7. The molecule has 0 spiro atoms. The summed E-state index contributed by atoms with van der Waals surface area (Å²) in [4.78, 5) is 70.5. The Bertz CT molecular complexity index is 2770. The van der Waals surface area contributed by atoms with Gasteiger partial charge in [0, 0.05) is 33.4 Å². The van der Waals surface area contributed by atoms with Crippen LogP contribution in [0, 0.1) is 11.3 Å². The molecule has 332 valence electrons. The second-order valence-corrected chi connectivity index (χ2v) is 20.7. The molecule has 15 nitrogen and oxygen atoms in total. The summed E-state index contributed by atoms with van der Waals surface area (Å²) in [6.07, 6.45) is -3.22. The maximum absolute atomic E-state index is 14.9. The molecule has 8 rings (SSSR count). The SMILES string of the molecule is C=C[C@@H]1C[C@]1(NC(=O)[C@@H]1C[C@@H](Oc2nc(-c3ccc(C(F)(F)F)cc3)nc3c2sc2ccccc23)CN1C(=O)[C@@H](Nc1nc(C(=O)OC)cs1)C(C)(C)C)C(=O)NS(=O)(=O)C1CC1.